The van der Waals surface area contributed by atoms with Crippen LogP contribution >= 0.6 is 0 Å². The number of hydrogen-bond acceptors (Lipinski definition) is 3. The molecule has 0 aromatic rings. The van der Waals surface area contributed by atoms with Gasteiger partial charge in [0, 0.05) is 6.54 Å². The molecule has 98 valence electrons. The molecular weight excluding hydrogens is 216 g/mol. The second kappa shape index (κ2) is 6.05. The Morgan fingerprint density at radius 1 is 1.53 bits per heavy atom. The molecule has 1 rings (SSSR count). The second-order valence-corrected chi connectivity index (χ2v) is 5.16. The van der Waals surface area contributed by atoms with Crippen LogP contribution in [0.5, 0.6) is 0 Å². The van der Waals surface area contributed by atoms with Gasteiger partial charge < -0.3 is 14.8 Å². The molecule has 17 heavy (non-hydrogen) atoms. The van der Waals surface area contributed by atoms with Crippen molar-refractivity contribution in [3.05, 3.63) is 12.4 Å². The number of amides is 1. The summed E-state index contributed by atoms with van der Waals surface area (Å²) in [6.45, 7) is 5.85. The van der Waals surface area contributed by atoms with Gasteiger partial charge in [-0.1, -0.05) is 33.1 Å². The van der Waals surface area contributed by atoms with Crippen molar-refractivity contribution >= 4 is 6.09 Å². The van der Waals surface area contributed by atoms with E-state index < -0.39 is 6.09 Å². The summed E-state index contributed by atoms with van der Waals surface area (Å²) in [6.07, 6.45) is 7.41. The third kappa shape index (κ3) is 3.73. The van der Waals surface area contributed by atoms with Gasteiger partial charge in [-0.3, -0.25) is 0 Å². The number of unbranched alkanes of at least 4 members (excludes halogenated alkanes) is 1. The number of quaternary nitrogens is 1. The lowest BCUT2D eigenvalue weighted by atomic mass is 9.99. The van der Waals surface area contributed by atoms with Gasteiger partial charge in [0.15, 0.2) is 6.67 Å². The maximum absolute atomic E-state index is 11.0. The second-order valence-electron chi connectivity index (χ2n) is 5.16. The number of carbonyl (C=O) groups excluding carboxylic acids is 1. The van der Waals surface area contributed by atoms with Crippen LogP contribution in [0.3, 0.4) is 0 Å². The van der Waals surface area contributed by atoms with E-state index in [1.54, 1.807) is 13.2 Å². The van der Waals surface area contributed by atoms with E-state index in [1.165, 1.54) is 19.3 Å². The Kier molecular flexibility index (Phi) is 5.00. The monoisotopic (exact) mass is 240 g/mol. The largest absolute Gasteiger partial charge is 0.498 e. The van der Waals surface area contributed by atoms with Crippen LogP contribution in [0.25, 0.3) is 0 Å². The van der Waals surface area contributed by atoms with E-state index in [0.717, 1.165) is 13.0 Å². The highest BCUT2D eigenvalue weighted by Gasteiger charge is 2.30. The Labute approximate surface area is 104 Å². The molecule has 2 unspecified atom stereocenters. The molecule has 0 aromatic heterocycles. The number of carbonyl (C=O) groups is 1. The zero-order valence-corrected chi connectivity index (χ0v) is 11.2. The van der Waals surface area contributed by atoms with Crippen LogP contribution in [0.15, 0.2) is 12.4 Å². The minimum absolute atomic E-state index is 0.135. The Bertz CT molecular complexity index is 291. The number of nitrogens with zero attached hydrogens (tertiary/aromatic N) is 2. The lowest BCUT2D eigenvalue weighted by molar-refractivity contribution is -0.810. The molecular formula is C13H24N2O2. The zero-order chi connectivity index (χ0) is 12.9. The Morgan fingerprint density at radius 2 is 2.24 bits per heavy atom. The summed E-state index contributed by atoms with van der Waals surface area (Å²) in [6, 6.07) is 0. The first-order valence-corrected chi connectivity index (χ1v) is 6.52. The van der Waals surface area contributed by atoms with Crippen LogP contribution < -0.4 is 5.11 Å². The normalized spacial score (nSPS) is 25.2. The van der Waals surface area contributed by atoms with Gasteiger partial charge in [-0.05, 0) is 12.3 Å². The van der Waals surface area contributed by atoms with Crippen molar-refractivity contribution < 1.29 is 14.4 Å². The lowest BCUT2D eigenvalue weighted by Crippen LogP contribution is -2.53. The van der Waals surface area contributed by atoms with Gasteiger partial charge in [0.2, 0.25) is 0 Å². The summed E-state index contributed by atoms with van der Waals surface area (Å²) < 4.78 is -0.135. The first-order valence-electron chi connectivity index (χ1n) is 6.52. The highest BCUT2D eigenvalue weighted by atomic mass is 16.4. The van der Waals surface area contributed by atoms with Crippen molar-refractivity contribution in [1.29, 1.82) is 0 Å². The molecule has 1 amide bonds. The van der Waals surface area contributed by atoms with Gasteiger partial charge in [-0.25, -0.2) is 4.48 Å². The predicted octanol–water partition coefficient (Wildman–Crippen LogP) is 1.74. The van der Waals surface area contributed by atoms with Crippen LogP contribution in [0.4, 0.5) is 4.79 Å². The van der Waals surface area contributed by atoms with Gasteiger partial charge in [0.05, 0.1) is 13.2 Å². The first-order chi connectivity index (χ1) is 8.01. The Morgan fingerprint density at radius 3 is 2.71 bits per heavy atom. The fourth-order valence-corrected chi connectivity index (χ4v) is 2.20. The van der Waals surface area contributed by atoms with E-state index in [1.807, 2.05) is 6.20 Å². The highest BCUT2D eigenvalue weighted by molar-refractivity contribution is 5.54. The van der Waals surface area contributed by atoms with Gasteiger partial charge in [0.25, 0.3) is 6.09 Å². The first kappa shape index (κ1) is 14.0. The van der Waals surface area contributed by atoms with Gasteiger partial charge >= 0.3 is 0 Å². The minimum Gasteiger partial charge on any atom is -0.498 e. The third-order valence-corrected chi connectivity index (χ3v) is 3.53. The third-order valence-electron chi connectivity index (χ3n) is 3.53. The van der Waals surface area contributed by atoms with E-state index in [2.05, 4.69) is 18.7 Å². The highest BCUT2D eigenvalue weighted by Crippen LogP contribution is 2.20. The zero-order valence-electron chi connectivity index (χ0n) is 11.2. The van der Waals surface area contributed by atoms with Crippen LogP contribution in [0.2, 0.25) is 0 Å². The van der Waals surface area contributed by atoms with Crippen molar-refractivity contribution in [3.63, 3.8) is 0 Å². The minimum atomic E-state index is -1.04. The average Bonchev–Trinajstić information content (AvgIpc) is 2.67. The molecule has 4 heteroatoms. The topological polar surface area (TPSA) is 43.4 Å². The quantitative estimate of drug-likeness (QED) is 0.664. The van der Waals surface area contributed by atoms with E-state index >= 15 is 0 Å². The van der Waals surface area contributed by atoms with Crippen LogP contribution in [0, 0.1) is 5.92 Å². The summed E-state index contributed by atoms with van der Waals surface area (Å²) in [5.41, 5.74) is 0. The maximum Gasteiger partial charge on any atom is 0.263 e. The number of carboxylic acid groups (broad SMARTS) is 1. The van der Waals surface area contributed by atoms with Crippen molar-refractivity contribution in [2.75, 3.05) is 20.3 Å². The predicted molar refractivity (Wildman–Crippen MR) is 65.6 cm³/mol. The molecule has 1 aliphatic rings. The Hall–Kier alpha value is -1.03. The fraction of sp³-hybridized carbons (Fsp3) is 0.769. The van der Waals surface area contributed by atoms with Gasteiger partial charge in [0.1, 0.15) is 6.20 Å². The number of hydrogen-bond donors (Lipinski definition) is 0. The molecule has 0 saturated heterocycles. The Balaban J connectivity index is 2.44. The van der Waals surface area contributed by atoms with Crippen molar-refractivity contribution in [2.45, 2.75) is 39.5 Å². The van der Waals surface area contributed by atoms with E-state index in [0.29, 0.717) is 12.6 Å². The molecule has 2 atom stereocenters. The number of rotatable bonds is 6. The summed E-state index contributed by atoms with van der Waals surface area (Å²) in [5, 5.41) is 11.0. The van der Waals surface area contributed by atoms with Crippen LogP contribution in [-0.2, 0) is 0 Å². The molecule has 1 heterocycles. The molecule has 0 saturated carbocycles. The summed E-state index contributed by atoms with van der Waals surface area (Å²) in [5.74, 6) is 0.660. The molecule has 1 aliphatic heterocycles. The fourth-order valence-electron chi connectivity index (χ4n) is 2.20. The molecule has 0 N–H and O–H groups in total. The van der Waals surface area contributed by atoms with Crippen molar-refractivity contribution in [3.8, 4) is 0 Å². The molecule has 0 aromatic carbocycles. The summed E-state index contributed by atoms with van der Waals surface area (Å²) >= 11 is 0. The molecule has 0 fully saturated rings. The van der Waals surface area contributed by atoms with E-state index in [4.69, 9.17) is 0 Å². The molecule has 0 bridgehead atoms. The maximum atomic E-state index is 11.0. The average molecular weight is 240 g/mol. The SMILES string of the molecule is CCCCC(CC)CN1C=C[N+](C)(C(=O)[O-])C1. The van der Waals surface area contributed by atoms with Gasteiger partial charge in [-0.15, -0.1) is 0 Å². The van der Waals surface area contributed by atoms with E-state index in [-0.39, 0.29) is 4.48 Å². The summed E-state index contributed by atoms with van der Waals surface area (Å²) in [7, 11) is 1.67. The smallest absolute Gasteiger partial charge is 0.263 e. The molecule has 0 aliphatic carbocycles. The van der Waals surface area contributed by atoms with E-state index in [9.17, 15) is 9.90 Å². The molecule has 4 nitrogen and oxygen atoms in total. The summed E-state index contributed by atoms with van der Waals surface area (Å²) in [4.78, 5) is 13.1. The lowest BCUT2D eigenvalue weighted by Gasteiger charge is -2.29. The van der Waals surface area contributed by atoms with Gasteiger partial charge in [-0.2, -0.15) is 0 Å². The van der Waals surface area contributed by atoms with Crippen LogP contribution in [0.1, 0.15) is 39.5 Å². The molecule has 0 radical (unpaired) electrons. The van der Waals surface area contributed by atoms with Crippen molar-refractivity contribution in [1.82, 2.24) is 4.90 Å². The molecule has 0 spiro atoms. The standard InChI is InChI=1S/C13H24N2O2/c1-4-6-7-12(5-2)10-14-8-9-15(3,11-14)13(16)17/h8-9,12H,4-7,10-11H2,1-3H3. The van der Waals surface area contributed by atoms with Crippen LogP contribution in [-0.4, -0.2) is 35.7 Å². The van der Waals surface area contributed by atoms with Crippen molar-refractivity contribution in [2.24, 2.45) is 5.92 Å².